The maximum absolute atomic E-state index is 12.4. The Bertz CT molecular complexity index is 914. The smallest absolute Gasteiger partial charge is 0.277 e. The first kappa shape index (κ1) is 16.2. The lowest BCUT2D eigenvalue weighted by Crippen LogP contribution is -2.40. The van der Waals surface area contributed by atoms with Crippen molar-refractivity contribution in [2.75, 3.05) is 31.6 Å². The molecule has 1 N–H and O–H groups in total. The predicted octanol–water partition coefficient (Wildman–Crippen LogP) is 0.849. The summed E-state index contributed by atoms with van der Waals surface area (Å²) in [4.78, 5) is 34.7. The molecule has 0 unspecified atom stereocenters. The predicted molar refractivity (Wildman–Crippen MR) is 91.9 cm³/mol. The van der Waals surface area contributed by atoms with Gasteiger partial charge in [-0.3, -0.25) is 9.59 Å². The standard InChI is InChI=1S/C17H16N6O3/c24-16(13-10-15-18-4-1-5-23(15)21-13)20-14-3-2-12(11-19-14)17(25)22-6-8-26-9-7-22/h1-5,10-11H,6-9H2,(H,19,20,24). The van der Waals surface area contributed by atoms with Crippen LogP contribution in [0.1, 0.15) is 20.8 Å². The zero-order valence-corrected chi connectivity index (χ0v) is 13.8. The Morgan fingerprint density at radius 3 is 2.73 bits per heavy atom. The lowest BCUT2D eigenvalue weighted by atomic mass is 10.2. The zero-order valence-electron chi connectivity index (χ0n) is 13.8. The first-order valence-electron chi connectivity index (χ1n) is 8.15. The highest BCUT2D eigenvalue weighted by molar-refractivity contribution is 6.03. The molecule has 1 aliphatic rings. The first-order valence-corrected chi connectivity index (χ1v) is 8.15. The van der Waals surface area contributed by atoms with Gasteiger partial charge in [0.15, 0.2) is 11.3 Å². The van der Waals surface area contributed by atoms with E-state index in [0.29, 0.717) is 43.3 Å². The largest absolute Gasteiger partial charge is 0.378 e. The van der Waals surface area contributed by atoms with Gasteiger partial charge in [0.2, 0.25) is 0 Å². The number of amides is 2. The Labute approximate surface area is 148 Å². The fourth-order valence-electron chi connectivity index (χ4n) is 2.66. The first-order chi connectivity index (χ1) is 12.7. The summed E-state index contributed by atoms with van der Waals surface area (Å²) >= 11 is 0. The molecule has 0 aliphatic carbocycles. The number of nitrogens with one attached hydrogen (secondary N) is 1. The summed E-state index contributed by atoms with van der Waals surface area (Å²) in [6, 6.07) is 6.56. The number of anilines is 1. The van der Waals surface area contributed by atoms with Gasteiger partial charge >= 0.3 is 0 Å². The van der Waals surface area contributed by atoms with Crippen LogP contribution in [0, 0.1) is 0 Å². The van der Waals surface area contributed by atoms with Crippen molar-refractivity contribution >= 4 is 23.3 Å². The molecule has 3 aromatic rings. The molecule has 0 atom stereocenters. The van der Waals surface area contributed by atoms with Crippen molar-refractivity contribution < 1.29 is 14.3 Å². The van der Waals surface area contributed by atoms with Gasteiger partial charge in [0.25, 0.3) is 11.8 Å². The van der Waals surface area contributed by atoms with E-state index in [2.05, 4.69) is 20.4 Å². The Kier molecular flexibility index (Phi) is 4.28. The number of hydrogen-bond acceptors (Lipinski definition) is 6. The summed E-state index contributed by atoms with van der Waals surface area (Å²) in [6.45, 7) is 2.22. The quantitative estimate of drug-likeness (QED) is 0.750. The minimum Gasteiger partial charge on any atom is -0.378 e. The second kappa shape index (κ2) is 6.89. The molecule has 0 spiro atoms. The number of ether oxygens (including phenoxy) is 1. The third kappa shape index (κ3) is 3.24. The molecule has 9 nitrogen and oxygen atoms in total. The molecule has 3 aromatic heterocycles. The van der Waals surface area contributed by atoms with Crippen LogP contribution in [0.2, 0.25) is 0 Å². The van der Waals surface area contributed by atoms with E-state index in [1.807, 2.05) is 0 Å². The summed E-state index contributed by atoms with van der Waals surface area (Å²) < 4.78 is 6.76. The number of morpholine rings is 1. The Morgan fingerprint density at radius 2 is 2.00 bits per heavy atom. The number of carbonyl (C=O) groups excluding carboxylic acids is 2. The molecule has 26 heavy (non-hydrogen) atoms. The van der Waals surface area contributed by atoms with Crippen LogP contribution in [0.25, 0.3) is 5.65 Å². The van der Waals surface area contributed by atoms with Crippen LogP contribution in [-0.2, 0) is 4.74 Å². The van der Waals surface area contributed by atoms with Crippen molar-refractivity contribution in [3.05, 3.63) is 54.1 Å². The van der Waals surface area contributed by atoms with Gasteiger partial charge in [0.1, 0.15) is 5.82 Å². The van der Waals surface area contributed by atoms with Gasteiger partial charge in [-0.15, -0.1) is 0 Å². The van der Waals surface area contributed by atoms with Gasteiger partial charge in [-0.2, -0.15) is 5.10 Å². The third-order valence-corrected chi connectivity index (χ3v) is 4.02. The van der Waals surface area contributed by atoms with E-state index in [9.17, 15) is 9.59 Å². The average molecular weight is 352 g/mol. The number of rotatable bonds is 3. The lowest BCUT2D eigenvalue weighted by molar-refractivity contribution is 0.0302. The van der Waals surface area contributed by atoms with Gasteiger partial charge in [0, 0.05) is 37.7 Å². The normalized spacial score (nSPS) is 14.4. The number of nitrogens with zero attached hydrogens (tertiary/aromatic N) is 5. The summed E-state index contributed by atoms with van der Waals surface area (Å²) in [5.74, 6) is -0.140. The molecule has 1 fully saturated rings. The molecule has 4 rings (SSSR count). The molecular formula is C17H16N6O3. The highest BCUT2D eigenvalue weighted by Gasteiger charge is 2.19. The second-order valence-corrected chi connectivity index (χ2v) is 5.74. The fraction of sp³-hybridized carbons (Fsp3) is 0.235. The minimum atomic E-state index is -0.393. The maximum atomic E-state index is 12.4. The molecule has 0 aromatic carbocycles. The fourth-order valence-corrected chi connectivity index (χ4v) is 2.66. The number of pyridine rings is 1. The molecular weight excluding hydrogens is 336 g/mol. The number of fused-ring (bicyclic) bond motifs is 1. The Morgan fingerprint density at radius 1 is 1.15 bits per heavy atom. The number of hydrogen-bond donors (Lipinski definition) is 1. The van der Waals surface area contributed by atoms with Crippen molar-refractivity contribution in [1.82, 2.24) is 24.5 Å². The Balaban J connectivity index is 1.45. The highest BCUT2D eigenvalue weighted by Crippen LogP contribution is 2.11. The summed E-state index contributed by atoms with van der Waals surface area (Å²) in [7, 11) is 0. The van der Waals surface area contributed by atoms with Crippen LogP contribution in [0.4, 0.5) is 5.82 Å². The summed E-state index contributed by atoms with van der Waals surface area (Å²) in [5.41, 5.74) is 1.29. The van der Waals surface area contributed by atoms with Crippen LogP contribution in [-0.4, -0.2) is 62.6 Å². The van der Waals surface area contributed by atoms with Crippen LogP contribution in [0.15, 0.2) is 42.9 Å². The van der Waals surface area contributed by atoms with Gasteiger partial charge < -0.3 is 15.0 Å². The van der Waals surface area contributed by atoms with E-state index in [4.69, 9.17) is 4.74 Å². The van der Waals surface area contributed by atoms with Gasteiger partial charge in [0.05, 0.1) is 18.8 Å². The van der Waals surface area contributed by atoms with Crippen LogP contribution in [0.3, 0.4) is 0 Å². The van der Waals surface area contributed by atoms with Crippen molar-refractivity contribution in [3.63, 3.8) is 0 Å². The van der Waals surface area contributed by atoms with Crippen LogP contribution in [0.5, 0.6) is 0 Å². The SMILES string of the molecule is O=C(Nc1ccc(C(=O)N2CCOCC2)cn1)c1cc2ncccn2n1. The van der Waals surface area contributed by atoms with Gasteiger partial charge in [-0.1, -0.05) is 0 Å². The highest BCUT2D eigenvalue weighted by atomic mass is 16.5. The average Bonchev–Trinajstić information content (AvgIpc) is 3.13. The minimum absolute atomic E-state index is 0.0925. The molecule has 1 aliphatic heterocycles. The van der Waals surface area contributed by atoms with Crippen molar-refractivity contribution in [2.24, 2.45) is 0 Å². The van der Waals surface area contributed by atoms with E-state index < -0.39 is 5.91 Å². The van der Waals surface area contributed by atoms with Crippen molar-refractivity contribution in [3.8, 4) is 0 Å². The molecule has 0 bridgehead atoms. The number of aromatic nitrogens is 4. The third-order valence-electron chi connectivity index (χ3n) is 4.02. The molecule has 4 heterocycles. The summed E-state index contributed by atoms with van der Waals surface area (Å²) in [6.07, 6.45) is 4.80. The van der Waals surface area contributed by atoms with E-state index in [1.165, 1.54) is 10.7 Å². The van der Waals surface area contributed by atoms with Gasteiger partial charge in [-0.25, -0.2) is 14.5 Å². The zero-order chi connectivity index (χ0) is 17.9. The van der Waals surface area contributed by atoms with Crippen molar-refractivity contribution in [1.29, 1.82) is 0 Å². The van der Waals surface area contributed by atoms with Crippen LogP contribution >= 0.6 is 0 Å². The molecule has 1 saturated heterocycles. The lowest BCUT2D eigenvalue weighted by Gasteiger charge is -2.26. The van der Waals surface area contributed by atoms with E-state index >= 15 is 0 Å². The van der Waals surface area contributed by atoms with Gasteiger partial charge in [-0.05, 0) is 18.2 Å². The van der Waals surface area contributed by atoms with E-state index in [0.717, 1.165) is 0 Å². The van der Waals surface area contributed by atoms with Crippen LogP contribution < -0.4 is 5.32 Å². The summed E-state index contributed by atoms with van der Waals surface area (Å²) in [5, 5.41) is 6.82. The van der Waals surface area contributed by atoms with E-state index in [1.54, 1.807) is 41.6 Å². The molecule has 132 valence electrons. The maximum Gasteiger partial charge on any atom is 0.277 e. The monoisotopic (exact) mass is 352 g/mol. The molecule has 2 amide bonds. The topological polar surface area (TPSA) is 102 Å². The Hall–Kier alpha value is -3.33. The second-order valence-electron chi connectivity index (χ2n) is 5.74. The molecule has 0 radical (unpaired) electrons. The number of carbonyl (C=O) groups is 2. The van der Waals surface area contributed by atoms with E-state index in [-0.39, 0.29) is 11.6 Å². The van der Waals surface area contributed by atoms with Crippen molar-refractivity contribution in [2.45, 2.75) is 0 Å². The molecule has 0 saturated carbocycles. The molecule has 9 heteroatoms.